The SMILES string of the molecule is CN=C(NC1CC1c1ccccc1F)N(C)Cc1ccc(OC)cc1OC.I. The first kappa shape index (κ1) is 22.3. The molecule has 2 unspecified atom stereocenters. The van der Waals surface area contributed by atoms with Gasteiger partial charge in [0.2, 0.25) is 0 Å². The molecule has 0 aromatic heterocycles. The van der Waals surface area contributed by atoms with Gasteiger partial charge in [-0.1, -0.05) is 18.2 Å². The molecule has 28 heavy (non-hydrogen) atoms. The molecule has 0 saturated heterocycles. The number of methoxy groups -OCH3 is 2. The molecule has 2 aromatic carbocycles. The van der Waals surface area contributed by atoms with Gasteiger partial charge in [0.25, 0.3) is 0 Å². The summed E-state index contributed by atoms with van der Waals surface area (Å²) in [7, 11) is 7.01. The molecular formula is C21H27FIN3O2. The molecule has 152 valence electrons. The van der Waals surface area contributed by atoms with Crippen molar-refractivity contribution in [1.82, 2.24) is 10.2 Å². The van der Waals surface area contributed by atoms with Crippen LogP contribution in [-0.4, -0.2) is 45.2 Å². The first-order valence-electron chi connectivity index (χ1n) is 8.97. The van der Waals surface area contributed by atoms with Crippen molar-refractivity contribution in [3.63, 3.8) is 0 Å². The van der Waals surface area contributed by atoms with Crippen molar-refractivity contribution >= 4 is 29.9 Å². The van der Waals surface area contributed by atoms with Crippen LogP contribution >= 0.6 is 24.0 Å². The molecule has 0 aliphatic heterocycles. The molecule has 1 aliphatic carbocycles. The topological polar surface area (TPSA) is 46.1 Å². The van der Waals surface area contributed by atoms with Crippen LogP contribution < -0.4 is 14.8 Å². The van der Waals surface area contributed by atoms with Gasteiger partial charge in [-0.3, -0.25) is 4.99 Å². The van der Waals surface area contributed by atoms with Crippen LogP contribution in [0.3, 0.4) is 0 Å². The third kappa shape index (κ3) is 5.06. The number of ether oxygens (including phenoxy) is 2. The van der Waals surface area contributed by atoms with E-state index in [0.717, 1.165) is 35.0 Å². The number of aliphatic imine (C=N–C) groups is 1. The molecule has 5 nitrogen and oxygen atoms in total. The van der Waals surface area contributed by atoms with Gasteiger partial charge >= 0.3 is 0 Å². The zero-order chi connectivity index (χ0) is 19.4. The molecule has 2 aromatic rings. The normalized spacial score (nSPS) is 18.1. The summed E-state index contributed by atoms with van der Waals surface area (Å²) < 4.78 is 24.7. The van der Waals surface area contributed by atoms with Gasteiger partial charge < -0.3 is 19.7 Å². The van der Waals surface area contributed by atoms with E-state index >= 15 is 0 Å². The molecule has 1 aliphatic rings. The quantitative estimate of drug-likeness (QED) is 0.371. The third-order valence-electron chi connectivity index (χ3n) is 4.88. The fourth-order valence-corrected chi connectivity index (χ4v) is 3.30. The average molecular weight is 499 g/mol. The lowest BCUT2D eigenvalue weighted by Gasteiger charge is -2.23. The van der Waals surface area contributed by atoms with E-state index in [1.54, 1.807) is 27.3 Å². The molecular weight excluding hydrogens is 472 g/mol. The van der Waals surface area contributed by atoms with Crippen molar-refractivity contribution in [2.45, 2.75) is 24.9 Å². The van der Waals surface area contributed by atoms with E-state index in [1.807, 2.05) is 42.3 Å². The monoisotopic (exact) mass is 499 g/mol. The van der Waals surface area contributed by atoms with Crippen molar-refractivity contribution in [3.8, 4) is 11.5 Å². The van der Waals surface area contributed by atoms with E-state index < -0.39 is 0 Å². The van der Waals surface area contributed by atoms with Crippen LogP contribution in [-0.2, 0) is 6.54 Å². The zero-order valence-electron chi connectivity index (χ0n) is 16.6. The minimum absolute atomic E-state index is 0. The Morgan fingerprint density at radius 1 is 1.21 bits per heavy atom. The molecule has 0 heterocycles. The Bertz CT molecular complexity index is 831. The fourth-order valence-electron chi connectivity index (χ4n) is 3.30. The third-order valence-corrected chi connectivity index (χ3v) is 4.88. The Balaban J connectivity index is 0.00000280. The number of hydrogen-bond donors (Lipinski definition) is 1. The summed E-state index contributed by atoms with van der Waals surface area (Å²) in [4.78, 5) is 6.41. The fraction of sp³-hybridized carbons (Fsp3) is 0.381. The Morgan fingerprint density at radius 3 is 2.61 bits per heavy atom. The number of guanidine groups is 1. The first-order chi connectivity index (χ1) is 13.1. The summed E-state index contributed by atoms with van der Waals surface area (Å²) in [6.45, 7) is 0.629. The molecule has 3 rings (SSSR count). The molecule has 1 saturated carbocycles. The Hall–Kier alpha value is -2.03. The molecule has 0 spiro atoms. The largest absolute Gasteiger partial charge is 0.497 e. The number of nitrogens with zero attached hydrogens (tertiary/aromatic N) is 2. The molecule has 0 radical (unpaired) electrons. The number of halogens is 2. The standard InChI is InChI=1S/C21H26FN3O2.HI/c1-23-21(24-19-12-17(19)16-7-5-6-8-18(16)22)25(2)13-14-9-10-15(26-3)11-20(14)27-4;/h5-11,17,19H,12-13H2,1-4H3,(H,23,24);1H. The molecule has 1 N–H and O–H groups in total. The minimum atomic E-state index is -0.141. The first-order valence-corrected chi connectivity index (χ1v) is 8.97. The van der Waals surface area contributed by atoms with Gasteiger partial charge in [0.05, 0.1) is 14.2 Å². The summed E-state index contributed by atoms with van der Waals surface area (Å²) >= 11 is 0. The summed E-state index contributed by atoms with van der Waals surface area (Å²) in [5, 5.41) is 3.44. The second kappa shape index (κ2) is 9.95. The van der Waals surface area contributed by atoms with Crippen LogP contribution in [0.1, 0.15) is 23.5 Å². The smallest absolute Gasteiger partial charge is 0.193 e. The van der Waals surface area contributed by atoms with E-state index in [9.17, 15) is 4.39 Å². The van der Waals surface area contributed by atoms with Gasteiger partial charge in [-0.25, -0.2) is 4.39 Å². The minimum Gasteiger partial charge on any atom is -0.497 e. The maximum atomic E-state index is 14.0. The maximum absolute atomic E-state index is 14.0. The van der Waals surface area contributed by atoms with Crippen LogP contribution in [0.5, 0.6) is 11.5 Å². The highest BCUT2D eigenvalue weighted by atomic mass is 127. The van der Waals surface area contributed by atoms with Gasteiger partial charge in [0.1, 0.15) is 17.3 Å². The average Bonchev–Trinajstić information content (AvgIpc) is 3.45. The summed E-state index contributed by atoms with van der Waals surface area (Å²) in [6, 6.07) is 12.9. The predicted molar refractivity (Wildman–Crippen MR) is 120 cm³/mol. The van der Waals surface area contributed by atoms with Crippen molar-refractivity contribution in [3.05, 3.63) is 59.4 Å². The molecule has 2 atom stereocenters. The van der Waals surface area contributed by atoms with Gasteiger partial charge in [-0.05, 0) is 30.2 Å². The van der Waals surface area contributed by atoms with E-state index in [0.29, 0.717) is 6.54 Å². The predicted octanol–water partition coefficient (Wildman–Crippen LogP) is 4.02. The summed E-state index contributed by atoms with van der Waals surface area (Å²) in [5.41, 5.74) is 1.80. The Morgan fingerprint density at radius 2 is 1.96 bits per heavy atom. The highest BCUT2D eigenvalue weighted by molar-refractivity contribution is 14.0. The number of benzene rings is 2. The number of hydrogen-bond acceptors (Lipinski definition) is 3. The second-order valence-electron chi connectivity index (χ2n) is 6.70. The van der Waals surface area contributed by atoms with Crippen molar-refractivity contribution in [2.24, 2.45) is 4.99 Å². The molecule has 0 bridgehead atoms. The van der Waals surface area contributed by atoms with Crippen LogP contribution in [0.2, 0.25) is 0 Å². The Labute approximate surface area is 183 Å². The van der Waals surface area contributed by atoms with Crippen LogP contribution in [0.15, 0.2) is 47.5 Å². The lowest BCUT2D eigenvalue weighted by molar-refractivity contribution is 0.382. The molecule has 1 fully saturated rings. The van der Waals surface area contributed by atoms with Gasteiger partial charge in [0, 0.05) is 44.2 Å². The van der Waals surface area contributed by atoms with Crippen molar-refractivity contribution in [1.29, 1.82) is 0 Å². The summed E-state index contributed by atoms with van der Waals surface area (Å²) in [5.74, 6) is 2.35. The van der Waals surface area contributed by atoms with E-state index in [-0.39, 0.29) is 41.8 Å². The number of nitrogens with one attached hydrogen (secondary N) is 1. The number of rotatable bonds is 6. The molecule has 0 amide bonds. The van der Waals surface area contributed by atoms with Crippen molar-refractivity contribution in [2.75, 3.05) is 28.3 Å². The van der Waals surface area contributed by atoms with E-state index in [2.05, 4.69) is 10.3 Å². The Kier molecular flexibility index (Phi) is 7.91. The van der Waals surface area contributed by atoms with Crippen LogP contribution in [0, 0.1) is 5.82 Å². The van der Waals surface area contributed by atoms with E-state index in [1.165, 1.54) is 6.07 Å². The highest BCUT2D eigenvalue weighted by Crippen LogP contribution is 2.41. The second-order valence-corrected chi connectivity index (χ2v) is 6.70. The lowest BCUT2D eigenvalue weighted by atomic mass is 10.1. The maximum Gasteiger partial charge on any atom is 0.193 e. The van der Waals surface area contributed by atoms with E-state index in [4.69, 9.17) is 9.47 Å². The van der Waals surface area contributed by atoms with Crippen molar-refractivity contribution < 1.29 is 13.9 Å². The molecule has 7 heteroatoms. The van der Waals surface area contributed by atoms with Gasteiger partial charge in [-0.2, -0.15) is 0 Å². The van der Waals surface area contributed by atoms with Gasteiger partial charge in [0.15, 0.2) is 5.96 Å². The lowest BCUT2D eigenvalue weighted by Crippen LogP contribution is -2.40. The van der Waals surface area contributed by atoms with Gasteiger partial charge in [-0.15, -0.1) is 24.0 Å². The van der Waals surface area contributed by atoms with Crippen LogP contribution in [0.25, 0.3) is 0 Å². The zero-order valence-corrected chi connectivity index (χ0v) is 18.9. The van der Waals surface area contributed by atoms with Crippen LogP contribution in [0.4, 0.5) is 4.39 Å². The highest BCUT2D eigenvalue weighted by Gasteiger charge is 2.40. The summed E-state index contributed by atoms with van der Waals surface area (Å²) in [6.07, 6.45) is 0.902.